The smallest absolute Gasteiger partial charge is 0.295 e. The van der Waals surface area contributed by atoms with Gasteiger partial charge in [0.15, 0.2) is 0 Å². The van der Waals surface area contributed by atoms with Gasteiger partial charge in [0.05, 0.1) is 27.8 Å². The van der Waals surface area contributed by atoms with Crippen LogP contribution in [0.15, 0.2) is 48.0 Å². The number of nitrogens with zero attached hydrogens (tertiary/aromatic N) is 1. The summed E-state index contributed by atoms with van der Waals surface area (Å²) in [4.78, 5) is 27.2. The van der Waals surface area contributed by atoms with E-state index in [2.05, 4.69) is 0 Å². The summed E-state index contributed by atoms with van der Waals surface area (Å²) in [5.74, 6) is -1.90. The Bertz CT molecular complexity index is 1030. The van der Waals surface area contributed by atoms with Crippen molar-refractivity contribution in [2.75, 3.05) is 13.2 Å². The van der Waals surface area contributed by atoms with Crippen LogP contribution < -0.4 is 0 Å². The molecule has 1 aliphatic heterocycles. The fourth-order valence-electron chi connectivity index (χ4n) is 3.50. The van der Waals surface area contributed by atoms with Crippen molar-refractivity contribution in [3.05, 3.63) is 69.2 Å². The summed E-state index contributed by atoms with van der Waals surface area (Å²) in [5.41, 5.74) is 0.699. The Morgan fingerprint density at radius 2 is 1.87 bits per heavy atom. The topological polar surface area (TPSA) is 87.1 Å². The van der Waals surface area contributed by atoms with E-state index in [-0.39, 0.29) is 40.3 Å². The summed E-state index contributed by atoms with van der Waals surface area (Å²) in [6.07, 6.45) is 0.555. The number of carbonyl (C=O) groups excluding carboxylic acids is 2. The highest BCUT2D eigenvalue weighted by molar-refractivity contribution is 6.46. The minimum Gasteiger partial charge on any atom is -0.508 e. The number of phenols is 1. The van der Waals surface area contributed by atoms with Crippen LogP contribution >= 0.6 is 23.2 Å². The molecule has 1 amide bonds. The lowest BCUT2D eigenvalue weighted by Gasteiger charge is -2.25. The second-order valence-electron chi connectivity index (χ2n) is 7.49. The number of aliphatic hydroxyl groups excluding tert-OH is 1. The molecule has 0 aromatic heterocycles. The largest absolute Gasteiger partial charge is 0.508 e. The first kappa shape index (κ1) is 23.1. The van der Waals surface area contributed by atoms with Crippen molar-refractivity contribution in [1.29, 1.82) is 0 Å². The molecule has 0 radical (unpaired) electrons. The second-order valence-corrected chi connectivity index (χ2v) is 8.30. The number of Topliss-reactive ketones (excluding diaryl/α,β-unsaturated/α-hetero) is 1. The van der Waals surface area contributed by atoms with Gasteiger partial charge in [0, 0.05) is 18.7 Å². The maximum atomic E-state index is 12.9. The fraction of sp³-hybridized carbons (Fsp3) is 0.304. The summed E-state index contributed by atoms with van der Waals surface area (Å²) in [7, 11) is 0. The lowest BCUT2D eigenvalue weighted by molar-refractivity contribution is -0.140. The van der Waals surface area contributed by atoms with E-state index in [4.69, 9.17) is 27.9 Å². The molecular formula is C23H23Cl2NO5. The Hall–Kier alpha value is -2.54. The van der Waals surface area contributed by atoms with Crippen molar-refractivity contribution in [2.45, 2.75) is 32.4 Å². The highest BCUT2D eigenvalue weighted by Gasteiger charge is 2.45. The van der Waals surface area contributed by atoms with Crippen molar-refractivity contribution in [2.24, 2.45) is 0 Å². The summed E-state index contributed by atoms with van der Waals surface area (Å²) >= 11 is 12.0. The van der Waals surface area contributed by atoms with Gasteiger partial charge in [0.1, 0.15) is 11.5 Å². The zero-order valence-electron chi connectivity index (χ0n) is 17.1. The van der Waals surface area contributed by atoms with E-state index in [1.54, 1.807) is 12.1 Å². The zero-order chi connectivity index (χ0) is 22.7. The van der Waals surface area contributed by atoms with Gasteiger partial charge >= 0.3 is 0 Å². The molecule has 0 saturated carbocycles. The minimum absolute atomic E-state index is 0.0132. The van der Waals surface area contributed by atoms with E-state index >= 15 is 0 Å². The number of aliphatic hydroxyl groups is 1. The van der Waals surface area contributed by atoms with Crippen LogP contribution in [0.2, 0.25) is 10.0 Å². The van der Waals surface area contributed by atoms with Gasteiger partial charge in [0.2, 0.25) is 0 Å². The molecule has 6 nitrogen and oxygen atoms in total. The summed E-state index contributed by atoms with van der Waals surface area (Å²) in [6, 6.07) is 9.86. The van der Waals surface area contributed by atoms with Crippen LogP contribution in [0, 0.1) is 0 Å². The number of ketones is 1. The first-order chi connectivity index (χ1) is 14.7. The molecule has 8 heteroatoms. The Morgan fingerprint density at radius 1 is 1.13 bits per heavy atom. The molecule has 31 heavy (non-hydrogen) atoms. The summed E-state index contributed by atoms with van der Waals surface area (Å²) < 4.78 is 5.54. The number of benzene rings is 2. The quantitative estimate of drug-likeness (QED) is 0.263. The Morgan fingerprint density at radius 3 is 2.52 bits per heavy atom. The number of rotatable bonds is 7. The third kappa shape index (κ3) is 5.03. The van der Waals surface area contributed by atoms with Crippen molar-refractivity contribution in [1.82, 2.24) is 4.90 Å². The van der Waals surface area contributed by atoms with Crippen LogP contribution in [0.4, 0.5) is 0 Å². The van der Waals surface area contributed by atoms with Gasteiger partial charge in [-0.15, -0.1) is 0 Å². The van der Waals surface area contributed by atoms with Crippen molar-refractivity contribution < 1.29 is 24.5 Å². The molecule has 164 valence electrons. The number of aromatic hydroxyl groups is 1. The number of hydrogen-bond acceptors (Lipinski definition) is 5. The molecule has 0 spiro atoms. The van der Waals surface area contributed by atoms with Crippen molar-refractivity contribution in [3.63, 3.8) is 0 Å². The average Bonchev–Trinajstić information content (AvgIpc) is 2.97. The molecule has 3 rings (SSSR count). The number of amides is 1. The van der Waals surface area contributed by atoms with Gasteiger partial charge in [-0.25, -0.2) is 0 Å². The molecule has 1 unspecified atom stereocenters. The van der Waals surface area contributed by atoms with Crippen LogP contribution in [0.3, 0.4) is 0 Å². The lowest BCUT2D eigenvalue weighted by Crippen LogP contribution is -2.31. The second kappa shape index (κ2) is 9.73. The molecule has 2 aromatic rings. The normalized spacial score (nSPS) is 18.2. The van der Waals surface area contributed by atoms with Gasteiger partial charge in [-0.2, -0.15) is 0 Å². The van der Waals surface area contributed by atoms with E-state index in [1.807, 2.05) is 13.8 Å². The highest BCUT2D eigenvalue weighted by Crippen LogP contribution is 2.40. The Labute approximate surface area is 190 Å². The number of halogens is 2. The van der Waals surface area contributed by atoms with E-state index in [0.717, 1.165) is 0 Å². The van der Waals surface area contributed by atoms with Crippen LogP contribution in [0.25, 0.3) is 5.76 Å². The number of carbonyl (C=O) groups is 2. The average molecular weight is 464 g/mol. The lowest BCUT2D eigenvalue weighted by atomic mass is 9.95. The van der Waals surface area contributed by atoms with Crippen LogP contribution in [-0.4, -0.2) is 46.1 Å². The zero-order valence-corrected chi connectivity index (χ0v) is 18.7. The Balaban J connectivity index is 2.06. The van der Waals surface area contributed by atoms with Crippen LogP contribution in [0.1, 0.15) is 37.4 Å². The number of phenolic OH excluding ortho intramolecular Hbond substituents is 1. The van der Waals surface area contributed by atoms with Crippen LogP contribution in [-0.2, 0) is 14.3 Å². The molecule has 1 atom stereocenters. The molecule has 1 saturated heterocycles. The van der Waals surface area contributed by atoms with E-state index in [9.17, 15) is 19.8 Å². The third-order valence-corrected chi connectivity index (χ3v) is 5.65. The monoisotopic (exact) mass is 463 g/mol. The molecule has 0 bridgehead atoms. The number of likely N-dealkylation sites (tertiary alicyclic amines) is 1. The maximum absolute atomic E-state index is 12.9. The summed E-state index contributed by atoms with van der Waals surface area (Å²) in [6.45, 7) is 4.49. The molecule has 2 N–H and O–H groups in total. The van der Waals surface area contributed by atoms with E-state index in [0.29, 0.717) is 23.6 Å². The van der Waals surface area contributed by atoms with Crippen LogP contribution in [0.5, 0.6) is 5.75 Å². The number of ether oxygens (including phenoxy) is 1. The maximum Gasteiger partial charge on any atom is 0.295 e. The van der Waals surface area contributed by atoms with Crippen molar-refractivity contribution >= 4 is 40.7 Å². The predicted octanol–water partition coefficient (Wildman–Crippen LogP) is 4.94. The summed E-state index contributed by atoms with van der Waals surface area (Å²) in [5, 5.41) is 21.4. The molecule has 1 heterocycles. The van der Waals surface area contributed by atoms with Gasteiger partial charge < -0.3 is 19.8 Å². The van der Waals surface area contributed by atoms with E-state index in [1.165, 1.54) is 35.2 Å². The van der Waals surface area contributed by atoms with Gasteiger partial charge in [-0.1, -0.05) is 35.3 Å². The molecule has 1 aliphatic rings. The van der Waals surface area contributed by atoms with Crippen molar-refractivity contribution in [3.8, 4) is 5.75 Å². The first-order valence-corrected chi connectivity index (χ1v) is 10.6. The SMILES string of the molecule is CC(C)OCCCN1C(=O)C(=O)/C(=C(\O)c2ccc(Cl)c(Cl)c2)C1c1cccc(O)c1. The van der Waals surface area contributed by atoms with Gasteiger partial charge in [-0.3, -0.25) is 9.59 Å². The number of hydrogen-bond donors (Lipinski definition) is 2. The standard InChI is InChI=1S/C23H23Cl2NO5/c1-13(2)31-10-4-9-26-20(14-5-3-6-16(27)11-14)19(22(29)23(26)30)21(28)15-7-8-17(24)18(25)12-15/h3,5-8,11-13,20,27-28H,4,9-10H2,1-2H3/b21-19-. The molecule has 0 aliphatic carbocycles. The highest BCUT2D eigenvalue weighted by atomic mass is 35.5. The minimum atomic E-state index is -0.861. The fourth-order valence-corrected chi connectivity index (χ4v) is 3.80. The van der Waals surface area contributed by atoms with E-state index < -0.39 is 17.7 Å². The Kier molecular flexibility index (Phi) is 7.26. The van der Waals surface area contributed by atoms with Gasteiger partial charge in [-0.05, 0) is 56.2 Å². The third-order valence-electron chi connectivity index (χ3n) is 4.91. The molecule has 1 fully saturated rings. The molecule has 2 aromatic carbocycles. The first-order valence-electron chi connectivity index (χ1n) is 9.85. The molecular weight excluding hydrogens is 441 g/mol. The predicted molar refractivity (Wildman–Crippen MR) is 119 cm³/mol. The van der Waals surface area contributed by atoms with Gasteiger partial charge in [0.25, 0.3) is 11.7 Å².